The van der Waals surface area contributed by atoms with Gasteiger partial charge < -0.3 is 14.4 Å². The van der Waals surface area contributed by atoms with Crippen LogP contribution in [0.4, 0.5) is 5.13 Å². The van der Waals surface area contributed by atoms with Crippen molar-refractivity contribution < 1.29 is 9.47 Å². The summed E-state index contributed by atoms with van der Waals surface area (Å²) < 4.78 is 16.0. The second kappa shape index (κ2) is 5.95. The summed E-state index contributed by atoms with van der Waals surface area (Å²) in [5.74, 6) is 0.709. The Morgan fingerprint density at radius 2 is 2.00 bits per heavy atom. The second-order valence-electron chi connectivity index (χ2n) is 5.69. The van der Waals surface area contributed by atoms with Crippen LogP contribution >= 0.6 is 11.5 Å². The van der Waals surface area contributed by atoms with Crippen LogP contribution in [-0.4, -0.2) is 41.4 Å². The van der Waals surface area contributed by atoms with Gasteiger partial charge in [-0.05, 0) is 19.3 Å². The van der Waals surface area contributed by atoms with E-state index in [-0.39, 0.29) is 5.79 Å². The summed E-state index contributed by atoms with van der Waals surface area (Å²) in [5.41, 5.74) is 0. The first kappa shape index (κ1) is 14.2. The van der Waals surface area contributed by atoms with Crippen molar-refractivity contribution in [2.45, 2.75) is 57.3 Å². The van der Waals surface area contributed by atoms with E-state index in [1.807, 2.05) is 0 Å². The molecule has 1 aliphatic heterocycles. The fraction of sp³-hybridized carbons (Fsp3) is 0.857. The quantitative estimate of drug-likeness (QED) is 0.855. The molecule has 2 aliphatic rings. The van der Waals surface area contributed by atoms with Crippen LogP contribution in [0, 0.1) is 0 Å². The van der Waals surface area contributed by atoms with Crippen molar-refractivity contribution in [2.75, 3.05) is 25.2 Å². The normalized spacial score (nSPS) is 22.5. The zero-order valence-corrected chi connectivity index (χ0v) is 13.1. The third kappa shape index (κ3) is 2.82. The van der Waals surface area contributed by atoms with Crippen LogP contribution in [0.5, 0.6) is 0 Å². The summed E-state index contributed by atoms with van der Waals surface area (Å²) in [6.45, 7) is 3.65. The largest absolute Gasteiger partial charge is 0.348 e. The van der Waals surface area contributed by atoms with E-state index in [1.54, 1.807) is 0 Å². The van der Waals surface area contributed by atoms with E-state index in [4.69, 9.17) is 9.47 Å². The lowest BCUT2D eigenvalue weighted by atomic mass is 9.89. The molecule has 0 aromatic carbocycles. The van der Waals surface area contributed by atoms with E-state index in [0.29, 0.717) is 6.04 Å². The highest BCUT2D eigenvalue weighted by molar-refractivity contribution is 7.09. The van der Waals surface area contributed by atoms with Gasteiger partial charge in [-0.15, -0.1) is 0 Å². The molecule has 1 saturated carbocycles. The van der Waals surface area contributed by atoms with Crippen molar-refractivity contribution in [3.63, 3.8) is 0 Å². The first-order chi connectivity index (χ1) is 9.72. The molecule has 0 radical (unpaired) electrons. The predicted octanol–water partition coefficient (Wildman–Crippen LogP) is 2.61. The Morgan fingerprint density at radius 3 is 2.65 bits per heavy atom. The van der Waals surface area contributed by atoms with Crippen LogP contribution in [0.2, 0.25) is 0 Å². The fourth-order valence-electron chi connectivity index (χ4n) is 3.08. The fourth-order valence-corrected chi connectivity index (χ4v) is 3.83. The van der Waals surface area contributed by atoms with Crippen molar-refractivity contribution in [2.24, 2.45) is 0 Å². The summed E-state index contributed by atoms with van der Waals surface area (Å²) in [7, 11) is 2.13. The van der Waals surface area contributed by atoms with Gasteiger partial charge in [0.15, 0.2) is 5.79 Å². The maximum Gasteiger partial charge on any atom is 0.205 e. The number of aryl methyl sites for hydroxylation is 1. The molecule has 0 unspecified atom stereocenters. The van der Waals surface area contributed by atoms with Crippen LogP contribution < -0.4 is 4.90 Å². The Bertz CT molecular complexity index is 435. The molecule has 3 rings (SSSR count). The highest BCUT2D eigenvalue weighted by Crippen LogP contribution is 2.38. The minimum atomic E-state index is -0.272. The SMILES string of the molecule is CCCc1nsc(N(C)C2CCC3(CC2)OCCO3)n1. The van der Waals surface area contributed by atoms with Gasteiger partial charge >= 0.3 is 0 Å². The highest BCUT2D eigenvalue weighted by atomic mass is 32.1. The standard InChI is InChI=1S/C14H23N3O2S/c1-3-4-12-15-13(20-16-12)17(2)11-5-7-14(8-6-11)18-9-10-19-14/h11H,3-10H2,1-2H3. The topological polar surface area (TPSA) is 47.5 Å². The Labute approximate surface area is 124 Å². The minimum absolute atomic E-state index is 0.272. The number of ether oxygens (including phenoxy) is 2. The number of hydrogen-bond acceptors (Lipinski definition) is 6. The summed E-state index contributed by atoms with van der Waals surface area (Å²) in [5, 5.41) is 1.04. The maximum absolute atomic E-state index is 5.79. The zero-order valence-electron chi connectivity index (χ0n) is 12.3. The van der Waals surface area contributed by atoms with Gasteiger partial charge in [0.1, 0.15) is 5.82 Å². The van der Waals surface area contributed by atoms with Crippen LogP contribution in [0.1, 0.15) is 44.9 Å². The van der Waals surface area contributed by atoms with Gasteiger partial charge in [0.2, 0.25) is 5.13 Å². The smallest absolute Gasteiger partial charge is 0.205 e. The molecule has 1 aliphatic carbocycles. The molecule has 0 N–H and O–H groups in total. The third-order valence-electron chi connectivity index (χ3n) is 4.31. The molecule has 5 nitrogen and oxygen atoms in total. The molecule has 6 heteroatoms. The van der Waals surface area contributed by atoms with E-state index < -0.39 is 0 Å². The number of aromatic nitrogens is 2. The molecule has 1 aromatic heterocycles. The molecule has 0 bridgehead atoms. The van der Waals surface area contributed by atoms with Crippen molar-refractivity contribution in [3.05, 3.63) is 5.82 Å². The van der Waals surface area contributed by atoms with Crippen LogP contribution in [-0.2, 0) is 15.9 Å². The zero-order chi connectivity index (χ0) is 14.0. The minimum Gasteiger partial charge on any atom is -0.348 e. The Balaban J connectivity index is 1.59. The van der Waals surface area contributed by atoms with Crippen LogP contribution in [0.15, 0.2) is 0 Å². The van der Waals surface area contributed by atoms with Gasteiger partial charge in [0, 0.05) is 43.9 Å². The maximum atomic E-state index is 5.79. The van der Waals surface area contributed by atoms with E-state index in [2.05, 4.69) is 28.2 Å². The van der Waals surface area contributed by atoms with Crippen LogP contribution in [0.25, 0.3) is 0 Å². The lowest BCUT2D eigenvalue weighted by molar-refractivity contribution is -0.178. The van der Waals surface area contributed by atoms with Crippen molar-refractivity contribution in [1.29, 1.82) is 0 Å². The molecule has 1 saturated heterocycles. The highest BCUT2D eigenvalue weighted by Gasteiger charge is 2.41. The summed E-state index contributed by atoms with van der Waals surface area (Å²) in [4.78, 5) is 6.93. The van der Waals surface area contributed by atoms with Crippen molar-refractivity contribution >= 4 is 16.7 Å². The Morgan fingerprint density at radius 1 is 1.30 bits per heavy atom. The van der Waals surface area contributed by atoms with Gasteiger partial charge in [-0.25, -0.2) is 4.98 Å². The number of anilines is 1. The Hall–Kier alpha value is -0.720. The Kier molecular flexibility index (Phi) is 4.23. The lowest BCUT2D eigenvalue weighted by Gasteiger charge is -2.38. The van der Waals surface area contributed by atoms with Crippen molar-refractivity contribution in [1.82, 2.24) is 9.36 Å². The molecule has 0 atom stereocenters. The molecule has 1 aromatic rings. The third-order valence-corrected chi connectivity index (χ3v) is 5.16. The van der Waals surface area contributed by atoms with Gasteiger partial charge in [0.05, 0.1) is 13.2 Å². The second-order valence-corrected chi connectivity index (χ2v) is 6.42. The molecule has 2 heterocycles. The molecular weight excluding hydrogens is 274 g/mol. The van der Waals surface area contributed by atoms with E-state index in [0.717, 1.165) is 62.7 Å². The molecule has 20 heavy (non-hydrogen) atoms. The summed E-state index contributed by atoms with van der Waals surface area (Å²) >= 11 is 1.52. The summed E-state index contributed by atoms with van der Waals surface area (Å²) in [6, 6.07) is 0.524. The lowest BCUT2D eigenvalue weighted by Crippen LogP contribution is -2.42. The number of hydrogen-bond donors (Lipinski definition) is 0. The number of rotatable bonds is 4. The molecule has 112 valence electrons. The van der Waals surface area contributed by atoms with Gasteiger partial charge in [-0.3, -0.25) is 0 Å². The average Bonchev–Trinajstić information content (AvgIpc) is 3.10. The van der Waals surface area contributed by atoms with Gasteiger partial charge in [-0.1, -0.05) is 6.92 Å². The van der Waals surface area contributed by atoms with E-state index in [1.165, 1.54) is 11.5 Å². The van der Waals surface area contributed by atoms with Crippen molar-refractivity contribution in [3.8, 4) is 0 Å². The molecule has 0 amide bonds. The molecule has 1 spiro atoms. The predicted molar refractivity (Wildman–Crippen MR) is 79.2 cm³/mol. The summed E-state index contributed by atoms with van der Waals surface area (Å²) in [6.07, 6.45) is 6.24. The van der Waals surface area contributed by atoms with E-state index in [9.17, 15) is 0 Å². The first-order valence-electron chi connectivity index (χ1n) is 7.56. The molecule has 2 fully saturated rings. The monoisotopic (exact) mass is 297 g/mol. The van der Waals surface area contributed by atoms with E-state index >= 15 is 0 Å². The number of nitrogens with zero attached hydrogens (tertiary/aromatic N) is 3. The average molecular weight is 297 g/mol. The molecular formula is C14H23N3O2S. The van der Waals surface area contributed by atoms with Gasteiger partial charge in [0.25, 0.3) is 0 Å². The van der Waals surface area contributed by atoms with Crippen LogP contribution in [0.3, 0.4) is 0 Å². The van der Waals surface area contributed by atoms with Gasteiger partial charge in [-0.2, -0.15) is 4.37 Å². The first-order valence-corrected chi connectivity index (χ1v) is 8.33.